The first-order valence-electron chi connectivity index (χ1n) is 2.12. The minimum atomic E-state index is 0.424. The van der Waals surface area contributed by atoms with E-state index in [0.29, 0.717) is 4.41 Å². The van der Waals surface area contributed by atoms with Crippen molar-refractivity contribution in [1.82, 2.24) is 0 Å². The maximum atomic E-state index is 8.52. The molecule has 0 spiro atoms. The van der Waals surface area contributed by atoms with Crippen molar-refractivity contribution in [3.8, 4) is 0 Å². The van der Waals surface area contributed by atoms with Crippen LogP contribution in [0.3, 0.4) is 0 Å². The molecule has 39 valence electrons. The van der Waals surface area contributed by atoms with E-state index in [1.54, 1.807) is 6.08 Å². The Kier molecular flexibility index (Phi) is 4.41. The van der Waals surface area contributed by atoms with Crippen LogP contribution in [0, 0.1) is 0 Å². The van der Waals surface area contributed by atoms with Gasteiger partial charge in [-0.3, -0.25) is 0 Å². The van der Waals surface area contributed by atoms with Gasteiger partial charge in [-0.1, -0.05) is 0 Å². The number of aliphatic hydroxyl groups excluding tert-OH is 1. The predicted molar refractivity (Wildman–Crippen MR) is 26.4 cm³/mol. The monoisotopic (exact) mass is 135 g/mol. The van der Waals surface area contributed by atoms with Crippen molar-refractivity contribution < 1.29 is 22.1 Å². The summed E-state index contributed by atoms with van der Waals surface area (Å²) in [6, 6.07) is 0. The van der Waals surface area contributed by atoms with Crippen LogP contribution in [0.5, 0.6) is 0 Å². The van der Waals surface area contributed by atoms with Gasteiger partial charge in [-0.25, -0.2) is 0 Å². The molecule has 1 N–H and O–H groups in total. The molecule has 0 saturated heterocycles. The van der Waals surface area contributed by atoms with E-state index in [4.69, 9.17) is 5.11 Å². The molecule has 0 heterocycles. The Labute approximate surface area is 52.5 Å². The molecule has 0 aromatic carbocycles. The Morgan fingerprint density at radius 2 is 2.43 bits per heavy atom. The molecular formula is C5H8OV. The van der Waals surface area contributed by atoms with Gasteiger partial charge in [0.1, 0.15) is 0 Å². The van der Waals surface area contributed by atoms with Gasteiger partial charge >= 0.3 is 52.0 Å². The first kappa shape index (κ1) is 7.15. The molecule has 1 nitrogen and oxygen atoms in total. The van der Waals surface area contributed by atoms with Crippen molar-refractivity contribution in [2.24, 2.45) is 0 Å². The summed E-state index contributed by atoms with van der Waals surface area (Å²) < 4.78 is 0.424. The first-order chi connectivity index (χ1) is 3.27. The van der Waals surface area contributed by atoms with Gasteiger partial charge in [0.05, 0.1) is 0 Å². The summed E-state index contributed by atoms with van der Waals surface area (Å²) in [4.78, 5) is 0. The second-order valence-corrected chi connectivity index (χ2v) is 2.05. The zero-order valence-corrected chi connectivity index (χ0v) is 5.49. The molecule has 0 radical (unpaired) electrons. The molecule has 0 bridgehead atoms. The van der Waals surface area contributed by atoms with E-state index in [1.807, 2.05) is 0 Å². The van der Waals surface area contributed by atoms with E-state index < -0.39 is 0 Å². The van der Waals surface area contributed by atoms with Crippen molar-refractivity contribution in [1.29, 1.82) is 0 Å². The van der Waals surface area contributed by atoms with Crippen LogP contribution in [-0.4, -0.2) is 9.52 Å². The number of rotatable bonds is 3. The van der Waals surface area contributed by atoms with Gasteiger partial charge in [-0.05, 0) is 0 Å². The van der Waals surface area contributed by atoms with E-state index in [2.05, 4.69) is 23.6 Å². The quantitative estimate of drug-likeness (QED) is 0.572. The van der Waals surface area contributed by atoms with Crippen LogP contribution in [0.25, 0.3) is 0 Å². The maximum absolute atomic E-state index is 8.52. The summed E-state index contributed by atoms with van der Waals surface area (Å²) in [5, 5.41) is 8.52. The summed E-state index contributed by atoms with van der Waals surface area (Å²) in [6.07, 6.45) is 3.37. The molecule has 0 fully saturated rings. The molecular weight excluding hydrogens is 127 g/mol. The van der Waals surface area contributed by atoms with Gasteiger partial charge in [0.25, 0.3) is 0 Å². The van der Waals surface area contributed by atoms with Gasteiger partial charge in [-0.2, -0.15) is 0 Å². The van der Waals surface area contributed by atoms with E-state index in [9.17, 15) is 0 Å². The number of aliphatic hydroxyl groups is 1. The fraction of sp³-hybridized carbons (Fsp3) is 0.400. The first-order valence-corrected chi connectivity index (χ1v) is 2.82. The molecule has 0 amide bonds. The second-order valence-electron chi connectivity index (χ2n) is 1.24. The zero-order chi connectivity index (χ0) is 5.70. The van der Waals surface area contributed by atoms with Crippen molar-refractivity contribution in [3.05, 3.63) is 12.7 Å². The third-order valence-electron chi connectivity index (χ3n) is 0.572. The topological polar surface area (TPSA) is 20.2 Å². The Morgan fingerprint density at radius 3 is 2.57 bits per heavy atom. The van der Waals surface area contributed by atoms with E-state index >= 15 is 0 Å². The molecule has 0 aliphatic heterocycles. The van der Waals surface area contributed by atoms with Gasteiger partial charge in [0.2, 0.25) is 0 Å². The van der Waals surface area contributed by atoms with Gasteiger partial charge < -0.3 is 0 Å². The zero-order valence-electron chi connectivity index (χ0n) is 4.09. The average Bonchev–Trinajstić information content (AvgIpc) is 1.61. The van der Waals surface area contributed by atoms with Crippen LogP contribution < -0.4 is 0 Å². The Balaban J connectivity index is 2.97. The summed E-state index contributed by atoms with van der Waals surface area (Å²) in [5.74, 6) is 0. The Hall–Kier alpha value is 0.154. The van der Waals surface area contributed by atoms with Crippen LogP contribution >= 0.6 is 0 Å². The number of allylic oxidation sites excluding steroid dienone is 1. The predicted octanol–water partition coefficient (Wildman–Crippen LogP) is 1.00. The standard InChI is InChI=1S/C5H8O.V/c1-2-3-4-5-6;/h2,6H,1,3-4H2;. The van der Waals surface area contributed by atoms with E-state index in [1.165, 1.54) is 0 Å². The normalized spacial score (nSPS) is 8.00. The minimum absolute atomic E-state index is 0.424. The fourth-order valence-electron chi connectivity index (χ4n) is 0.231. The van der Waals surface area contributed by atoms with Crippen molar-refractivity contribution >= 4 is 4.41 Å². The van der Waals surface area contributed by atoms with E-state index in [-0.39, 0.29) is 0 Å². The molecule has 7 heavy (non-hydrogen) atoms. The van der Waals surface area contributed by atoms with Crippen LogP contribution in [0.2, 0.25) is 0 Å². The summed E-state index contributed by atoms with van der Waals surface area (Å²) in [7, 11) is 0. The molecule has 0 rings (SSSR count). The van der Waals surface area contributed by atoms with Crippen molar-refractivity contribution in [2.45, 2.75) is 12.8 Å². The van der Waals surface area contributed by atoms with E-state index in [0.717, 1.165) is 12.8 Å². The van der Waals surface area contributed by atoms with Crippen LogP contribution in [-0.2, 0) is 17.0 Å². The van der Waals surface area contributed by atoms with Gasteiger partial charge in [0, 0.05) is 0 Å². The fourth-order valence-corrected chi connectivity index (χ4v) is 0.433. The molecule has 0 aliphatic rings. The van der Waals surface area contributed by atoms with Crippen LogP contribution in [0.4, 0.5) is 0 Å². The third kappa shape index (κ3) is 6.15. The van der Waals surface area contributed by atoms with Crippen LogP contribution in [0.1, 0.15) is 12.8 Å². The third-order valence-corrected chi connectivity index (χ3v) is 0.921. The molecule has 0 atom stereocenters. The molecule has 0 saturated carbocycles. The second kappa shape index (κ2) is 4.32. The number of hydrogen-bond donors (Lipinski definition) is 1. The molecule has 0 unspecified atom stereocenters. The van der Waals surface area contributed by atoms with Crippen molar-refractivity contribution in [3.63, 3.8) is 0 Å². The van der Waals surface area contributed by atoms with Gasteiger partial charge in [-0.15, -0.1) is 0 Å². The summed E-state index contributed by atoms with van der Waals surface area (Å²) in [6.45, 7) is 3.50. The molecule has 0 aromatic heterocycles. The summed E-state index contributed by atoms with van der Waals surface area (Å²) in [5.41, 5.74) is 0. The number of hydrogen-bond acceptors (Lipinski definition) is 1. The molecule has 0 aliphatic carbocycles. The Bertz CT molecular complexity index is 78.1. The molecule has 0 aromatic rings. The SMILES string of the molecule is C=CCC[C](O)=[V]. The summed E-state index contributed by atoms with van der Waals surface area (Å²) >= 11 is 2.10. The van der Waals surface area contributed by atoms with Crippen LogP contribution in [0.15, 0.2) is 12.7 Å². The molecule has 2 heteroatoms. The average molecular weight is 135 g/mol. The van der Waals surface area contributed by atoms with Crippen molar-refractivity contribution in [2.75, 3.05) is 0 Å². The van der Waals surface area contributed by atoms with Gasteiger partial charge in [0.15, 0.2) is 0 Å². The Morgan fingerprint density at radius 1 is 1.86 bits per heavy atom.